The molecule has 11 heteroatoms. The van der Waals surface area contributed by atoms with Crippen LogP contribution in [0.3, 0.4) is 0 Å². The second-order valence-corrected chi connectivity index (χ2v) is 6.81. The number of carboxylic acids is 2. The zero-order chi connectivity index (χ0) is 11.2. The van der Waals surface area contributed by atoms with E-state index in [2.05, 4.69) is 0 Å². The summed E-state index contributed by atoms with van der Waals surface area (Å²) < 4.78 is -1.73. The summed E-state index contributed by atoms with van der Waals surface area (Å²) in [6, 6.07) is 0. The molecule has 0 aliphatic rings. The molecule has 0 aromatic rings. The van der Waals surface area contributed by atoms with Crippen molar-refractivity contribution in [3.63, 3.8) is 0 Å². The maximum Gasteiger partial charge on any atom is 1.00 e. The largest absolute Gasteiger partial charge is 1.00 e. The van der Waals surface area contributed by atoms with Gasteiger partial charge < -0.3 is 25.3 Å². The molecule has 0 heterocycles. The molecule has 14 heavy (non-hydrogen) atoms. The third-order valence-corrected chi connectivity index (χ3v) is 2.38. The average molecular weight is 424 g/mol. The predicted octanol–water partition coefficient (Wildman–Crippen LogP) is -4.96. The first-order valence-corrected chi connectivity index (χ1v) is 4.64. The van der Waals surface area contributed by atoms with Crippen LogP contribution < -0.4 is 23.9 Å². The Morgan fingerprint density at radius 1 is 1.14 bits per heavy atom. The van der Waals surface area contributed by atoms with Gasteiger partial charge in [0, 0.05) is 0 Å². The normalized spacial score (nSPS) is 8.93. The van der Waals surface area contributed by atoms with Gasteiger partial charge in [0.2, 0.25) is 0 Å². The first-order valence-electron chi connectivity index (χ1n) is 2.49. The van der Waals surface area contributed by atoms with Crippen LogP contribution >= 0.6 is 45.2 Å². The van der Waals surface area contributed by atoms with Crippen LogP contribution in [-0.2, 0) is 9.59 Å². The molecule has 7 nitrogen and oxygen atoms in total. The summed E-state index contributed by atoms with van der Waals surface area (Å²) in [5, 5.41) is 39.2. The van der Waals surface area contributed by atoms with Crippen molar-refractivity contribution in [2.45, 2.75) is 1.43 Å². The Kier molecular flexibility index (Phi) is 13.4. The van der Waals surface area contributed by atoms with Crippen LogP contribution in [0, 0.1) is 0 Å². The molecule has 0 amide bonds. The Labute approximate surface area is 119 Å². The minimum atomic E-state index is -2.42. The van der Waals surface area contributed by atoms with E-state index in [0.29, 0.717) is 0 Å². The molecule has 0 rings (SSSR count). The van der Waals surface area contributed by atoms with Crippen LogP contribution in [-0.4, -0.2) is 40.9 Å². The number of halogens is 2. The van der Waals surface area contributed by atoms with E-state index in [-0.39, 0.29) is 18.9 Å². The molecule has 0 atom stereocenters. The van der Waals surface area contributed by atoms with Gasteiger partial charge in [0.1, 0.15) is 0 Å². The van der Waals surface area contributed by atoms with Crippen LogP contribution in [0.2, 0.25) is 0 Å². The van der Waals surface area contributed by atoms with E-state index in [9.17, 15) is 9.59 Å². The van der Waals surface area contributed by atoms with Crippen LogP contribution in [0.4, 0.5) is 0 Å². The van der Waals surface area contributed by atoms with Crippen molar-refractivity contribution in [1.82, 2.24) is 0 Å². The topological polar surface area (TPSA) is 138 Å². The summed E-state index contributed by atoms with van der Waals surface area (Å²) in [5.41, 5.74) is 0. The van der Waals surface area contributed by atoms with Crippen molar-refractivity contribution in [3.05, 3.63) is 0 Å². The van der Waals surface area contributed by atoms with Crippen molar-refractivity contribution in [1.29, 1.82) is 0 Å². The van der Waals surface area contributed by atoms with Crippen molar-refractivity contribution in [3.8, 4) is 0 Å². The van der Waals surface area contributed by atoms with Crippen LogP contribution in [0.25, 0.3) is 0 Å². The Morgan fingerprint density at radius 2 is 1.29 bits per heavy atom. The predicted molar refractivity (Wildman–Crippen MR) is 56.2 cm³/mol. The molecule has 0 aromatic heterocycles. The SMILES string of the molecule is O=C(O)C(I)(I)C(=O)O.[Li+].[O-]B(O)O. The average Bonchev–Trinajstić information content (AvgIpc) is 1.85. The van der Waals surface area contributed by atoms with E-state index in [4.69, 9.17) is 25.3 Å². The molecule has 0 aliphatic heterocycles. The molecular formula is C3H4BI2LiO7. The zero-order valence-corrected chi connectivity index (χ0v) is 11.2. The number of hydrogen-bond donors (Lipinski definition) is 4. The minimum Gasteiger partial charge on any atom is -0.832 e. The molecule has 0 aliphatic carbocycles. The van der Waals surface area contributed by atoms with Crippen LogP contribution in [0.5, 0.6) is 0 Å². The number of carbonyl (C=O) groups is 2. The van der Waals surface area contributed by atoms with Gasteiger partial charge in [0.25, 0.3) is 1.43 Å². The monoisotopic (exact) mass is 424 g/mol. The van der Waals surface area contributed by atoms with Gasteiger partial charge in [-0.2, -0.15) is 0 Å². The van der Waals surface area contributed by atoms with Crippen molar-refractivity contribution < 1.29 is 53.7 Å². The number of aliphatic carboxylic acids is 2. The van der Waals surface area contributed by atoms with Gasteiger partial charge in [-0.25, -0.2) is 9.59 Å². The van der Waals surface area contributed by atoms with Gasteiger partial charge in [-0.15, -0.1) is 0 Å². The number of rotatable bonds is 2. The Bertz CT molecular complexity index is 179. The fourth-order valence-corrected chi connectivity index (χ4v) is 0.0915. The van der Waals surface area contributed by atoms with Gasteiger partial charge in [-0.05, 0) is 45.2 Å². The summed E-state index contributed by atoms with van der Waals surface area (Å²) in [6.07, 6.45) is 0. The quantitative estimate of drug-likeness (QED) is 0.151. The van der Waals surface area contributed by atoms with Gasteiger partial charge in [0.15, 0.2) is 0 Å². The molecule has 0 spiro atoms. The van der Waals surface area contributed by atoms with Gasteiger partial charge in [0.05, 0.1) is 0 Å². The van der Waals surface area contributed by atoms with Gasteiger partial charge in [-0.1, -0.05) is 0 Å². The summed E-state index contributed by atoms with van der Waals surface area (Å²) in [6.45, 7) is 0. The second kappa shape index (κ2) is 9.19. The molecule has 0 saturated carbocycles. The standard InChI is InChI=1S/C3H2I2O4.BH2O3.Li/c4-3(5,1(6)7)2(8)9;2-1(3)4;/h(H,6,7)(H,8,9);2-3H;/q;-1;+1. The maximum atomic E-state index is 10.1. The first kappa shape index (κ1) is 20.4. The molecule has 0 unspecified atom stereocenters. The van der Waals surface area contributed by atoms with E-state index in [0.717, 1.165) is 0 Å². The molecular weight excluding hydrogens is 420 g/mol. The van der Waals surface area contributed by atoms with E-state index in [1.54, 1.807) is 0 Å². The maximum absolute atomic E-state index is 10.1. The van der Waals surface area contributed by atoms with Crippen LogP contribution in [0.15, 0.2) is 0 Å². The molecule has 0 aromatic carbocycles. The number of alkyl halides is 2. The van der Waals surface area contributed by atoms with E-state index >= 15 is 0 Å². The van der Waals surface area contributed by atoms with Crippen molar-refractivity contribution in [2.75, 3.05) is 0 Å². The molecule has 0 saturated heterocycles. The Hall–Kier alpha value is 0.942. The van der Waals surface area contributed by atoms with Gasteiger partial charge in [-0.3, -0.25) is 0 Å². The minimum absolute atomic E-state index is 0. The molecule has 4 N–H and O–H groups in total. The summed E-state index contributed by atoms with van der Waals surface area (Å²) >= 11 is 2.69. The summed E-state index contributed by atoms with van der Waals surface area (Å²) in [5.74, 6) is -2.70. The molecule has 76 valence electrons. The Balaban J connectivity index is -0.000000209. The number of hydrogen-bond acceptors (Lipinski definition) is 5. The molecule has 0 radical (unpaired) electrons. The smallest absolute Gasteiger partial charge is 0.832 e. The van der Waals surface area contributed by atoms with Crippen LogP contribution in [0.1, 0.15) is 0 Å². The fourth-order valence-electron chi connectivity index (χ4n) is 0.0915. The zero-order valence-electron chi connectivity index (χ0n) is 6.85. The third kappa shape index (κ3) is 11.0. The molecule has 0 bridgehead atoms. The van der Waals surface area contributed by atoms with Crippen molar-refractivity contribution in [2.24, 2.45) is 0 Å². The molecule has 0 fully saturated rings. The summed E-state index contributed by atoms with van der Waals surface area (Å²) in [4.78, 5) is 20.1. The Morgan fingerprint density at radius 3 is 1.29 bits per heavy atom. The van der Waals surface area contributed by atoms with E-state index in [1.807, 2.05) is 0 Å². The van der Waals surface area contributed by atoms with E-state index < -0.39 is 20.7 Å². The fraction of sp³-hybridized carbons (Fsp3) is 0.333. The summed E-state index contributed by atoms with van der Waals surface area (Å²) in [7, 11) is -2.42. The first-order chi connectivity index (χ1) is 5.62. The van der Waals surface area contributed by atoms with Gasteiger partial charge >= 0.3 is 38.1 Å². The van der Waals surface area contributed by atoms with Crippen molar-refractivity contribution >= 4 is 64.4 Å². The number of carboxylic acid groups (broad SMARTS) is 2. The van der Waals surface area contributed by atoms with E-state index in [1.165, 1.54) is 45.2 Å². The third-order valence-electron chi connectivity index (χ3n) is 0.537. The second-order valence-electron chi connectivity index (χ2n) is 1.51.